The fraction of sp³-hybridized carbons (Fsp3) is 0.143. The lowest BCUT2D eigenvalue weighted by Crippen LogP contribution is -2.16. The molecule has 9 heteroatoms. The van der Waals surface area contributed by atoms with E-state index in [0.717, 1.165) is 11.8 Å². The average Bonchev–Trinajstić information content (AvgIpc) is 2.48. The number of carbonyl (C=O) groups excluding carboxylic acids is 1. The van der Waals surface area contributed by atoms with E-state index in [1.807, 2.05) is 0 Å². The van der Waals surface area contributed by atoms with Gasteiger partial charge >= 0.3 is 6.18 Å². The molecule has 1 amide bonds. The van der Waals surface area contributed by atoms with Crippen molar-refractivity contribution in [3.05, 3.63) is 52.9 Å². The molecule has 1 N–H and O–H groups in total. The Morgan fingerprint density at radius 2 is 1.91 bits per heavy atom. The monoisotopic (exact) mass is 364 g/mol. The van der Waals surface area contributed by atoms with Crippen LogP contribution >= 0.6 is 23.4 Å². The SMILES string of the molecule is O=C(CSc1ccc(F)cc1)Nc1ncc(C(F)(F)F)cc1Cl. The second kappa shape index (κ2) is 7.18. The number of nitrogens with zero attached hydrogens (tertiary/aromatic N) is 1. The Hall–Kier alpha value is -1.80. The van der Waals surface area contributed by atoms with Gasteiger partial charge in [-0.1, -0.05) is 11.6 Å². The van der Waals surface area contributed by atoms with Crippen LogP contribution in [0, 0.1) is 5.82 Å². The van der Waals surface area contributed by atoms with Crippen molar-refractivity contribution < 1.29 is 22.4 Å². The van der Waals surface area contributed by atoms with Gasteiger partial charge in [0.15, 0.2) is 5.82 Å². The van der Waals surface area contributed by atoms with Crippen LogP contribution < -0.4 is 5.32 Å². The van der Waals surface area contributed by atoms with E-state index in [0.29, 0.717) is 17.2 Å². The number of hydrogen-bond acceptors (Lipinski definition) is 3. The standard InChI is InChI=1S/C14H9ClF4N2OS/c15-11-5-8(14(17,18)19)6-20-13(11)21-12(22)7-23-10-3-1-9(16)2-4-10/h1-6H,7H2,(H,20,21,22). The molecule has 0 aliphatic carbocycles. The van der Waals surface area contributed by atoms with Gasteiger partial charge in [0.25, 0.3) is 0 Å². The molecule has 1 aromatic heterocycles. The molecule has 0 spiro atoms. The number of halogens is 5. The van der Waals surface area contributed by atoms with Crippen molar-refractivity contribution in [2.24, 2.45) is 0 Å². The van der Waals surface area contributed by atoms with E-state index in [-0.39, 0.29) is 22.4 Å². The maximum atomic E-state index is 12.7. The number of amides is 1. The summed E-state index contributed by atoms with van der Waals surface area (Å²) in [6, 6.07) is 6.23. The van der Waals surface area contributed by atoms with E-state index < -0.39 is 17.6 Å². The molecule has 0 fully saturated rings. The highest BCUT2D eigenvalue weighted by atomic mass is 35.5. The second-order valence-corrected chi connectivity index (χ2v) is 5.80. The fourth-order valence-electron chi connectivity index (χ4n) is 1.53. The number of anilines is 1. The van der Waals surface area contributed by atoms with Crippen LogP contribution in [-0.2, 0) is 11.0 Å². The summed E-state index contributed by atoms with van der Waals surface area (Å²) in [6.07, 6.45) is -3.97. The van der Waals surface area contributed by atoms with Gasteiger partial charge in [0.05, 0.1) is 16.3 Å². The predicted octanol–water partition coefficient (Wildman–Crippen LogP) is 4.62. The number of carbonyl (C=O) groups is 1. The van der Waals surface area contributed by atoms with Crippen LogP contribution in [0.1, 0.15) is 5.56 Å². The van der Waals surface area contributed by atoms with Crippen molar-refractivity contribution in [3.8, 4) is 0 Å². The molecule has 2 aromatic rings. The van der Waals surface area contributed by atoms with E-state index in [1.54, 1.807) is 0 Å². The smallest absolute Gasteiger partial charge is 0.309 e. The topological polar surface area (TPSA) is 42.0 Å². The van der Waals surface area contributed by atoms with E-state index >= 15 is 0 Å². The molecule has 0 aliphatic heterocycles. The van der Waals surface area contributed by atoms with Crippen molar-refractivity contribution in [3.63, 3.8) is 0 Å². The van der Waals surface area contributed by atoms with Gasteiger partial charge in [-0.25, -0.2) is 9.37 Å². The van der Waals surface area contributed by atoms with E-state index in [9.17, 15) is 22.4 Å². The molecule has 0 unspecified atom stereocenters. The Balaban J connectivity index is 1.96. The number of alkyl halides is 3. The van der Waals surface area contributed by atoms with Crippen LogP contribution in [0.3, 0.4) is 0 Å². The minimum absolute atomic E-state index is 0.0232. The highest BCUT2D eigenvalue weighted by Crippen LogP contribution is 2.32. The van der Waals surface area contributed by atoms with Crippen LogP contribution in [0.2, 0.25) is 5.02 Å². The third-order valence-electron chi connectivity index (χ3n) is 2.61. The lowest BCUT2D eigenvalue weighted by Gasteiger charge is -2.10. The van der Waals surface area contributed by atoms with Crippen molar-refractivity contribution in [2.45, 2.75) is 11.1 Å². The molecule has 0 saturated heterocycles. The summed E-state index contributed by atoms with van der Waals surface area (Å²) in [6.45, 7) is 0. The van der Waals surface area contributed by atoms with Gasteiger partial charge in [0.2, 0.25) is 5.91 Å². The normalized spacial score (nSPS) is 11.3. The third-order valence-corrected chi connectivity index (χ3v) is 3.91. The number of rotatable bonds is 4. The quantitative estimate of drug-likeness (QED) is 0.635. The minimum atomic E-state index is -4.56. The van der Waals surface area contributed by atoms with Gasteiger partial charge in [-0.15, -0.1) is 11.8 Å². The first-order valence-electron chi connectivity index (χ1n) is 6.16. The number of benzene rings is 1. The molecule has 1 heterocycles. The number of hydrogen-bond donors (Lipinski definition) is 1. The van der Waals surface area contributed by atoms with Gasteiger partial charge in [0.1, 0.15) is 5.82 Å². The summed E-state index contributed by atoms with van der Waals surface area (Å²) in [5, 5.41) is 2.02. The van der Waals surface area contributed by atoms with Gasteiger partial charge in [-0.05, 0) is 30.3 Å². The third kappa shape index (κ3) is 5.11. The summed E-state index contributed by atoms with van der Waals surface area (Å²) in [5.74, 6) is -1.05. The zero-order valence-corrected chi connectivity index (χ0v) is 12.9. The molecule has 23 heavy (non-hydrogen) atoms. The Kier molecular flexibility index (Phi) is 5.48. The maximum Gasteiger partial charge on any atom is 0.417 e. The zero-order valence-electron chi connectivity index (χ0n) is 11.3. The van der Waals surface area contributed by atoms with Crippen molar-refractivity contribution in [2.75, 3.05) is 11.1 Å². The van der Waals surface area contributed by atoms with E-state index in [2.05, 4.69) is 10.3 Å². The molecule has 122 valence electrons. The minimum Gasteiger partial charge on any atom is -0.309 e. The highest BCUT2D eigenvalue weighted by Gasteiger charge is 2.31. The van der Waals surface area contributed by atoms with Crippen molar-refractivity contribution in [1.82, 2.24) is 4.98 Å². The molecule has 3 nitrogen and oxygen atoms in total. The Bertz CT molecular complexity index is 707. The van der Waals surface area contributed by atoms with Gasteiger partial charge in [-0.2, -0.15) is 13.2 Å². The molecule has 0 bridgehead atoms. The Morgan fingerprint density at radius 3 is 2.48 bits per heavy atom. The fourth-order valence-corrected chi connectivity index (χ4v) is 2.44. The van der Waals surface area contributed by atoms with Crippen LogP contribution in [0.4, 0.5) is 23.4 Å². The van der Waals surface area contributed by atoms with Crippen molar-refractivity contribution in [1.29, 1.82) is 0 Å². The van der Waals surface area contributed by atoms with Gasteiger partial charge in [0, 0.05) is 11.1 Å². The van der Waals surface area contributed by atoms with Crippen LogP contribution in [0.15, 0.2) is 41.4 Å². The molecular formula is C14H9ClF4N2OS. The Labute approximate surface area is 138 Å². The Morgan fingerprint density at radius 1 is 1.26 bits per heavy atom. The van der Waals surface area contributed by atoms with Crippen LogP contribution in [-0.4, -0.2) is 16.6 Å². The number of thioether (sulfide) groups is 1. The molecule has 0 radical (unpaired) electrons. The highest BCUT2D eigenvalue weighted by molar-refractivity contribution is 8.00. The van der Waals surface area contributed by atoms with Gasteiger partial charge < -0.3 is 5.32 Å². The molecule has 0 saturated carbocycles. The summed E-state index contributed by atoms with van der Waals surface area (Å²) in [4.78, 5) is 15.9. The molecule has 2 rings (SSSR count). The first-order chi connectivity index (χ1) is 10.8. The van der Waals surface area contributed by atoms with Crippen LogP contribution in [0.25, 0.3) is 0 Å². The molecule has 0 atom stereocenters. The predicted molar refractivity (Wildman–Crippen MR) is 80.0 cm³/mol. The van der Waals surface area contributed by atoms with E-state index in [4.69, 9.17) is 11.6 Å². The summed E-state index contributed by atoms with van der Waals surface area (Å²) >= 11 is 6.83. The molecular weight excluding hydrogens is 356 g/mol. The van der Waals surface area contributed by atoms with E-state index in [1.165, 1.54) is 24.3 Å². The first kappa shape index (κ1) is 17.6. The number of pyridine rings is 1. The average molecular weight is 365 g/mol. The van der Waals surface area contributed by atoms with Gasteiger partial charge in [-0.3, -0.25) is 4.79 Å². The lowest BCUT2D eigenvalue weighted by molar-refractivity contribution is -0.137. The number of nitrogens with one attached hydrogen (secondary N) is 1. The van der Waals surface area contributed by atoms with Crippen LogP contribution in [0.5, 0.6) is 0 Å². The summed E-state index contributed by atoms with van der Waals surface area (Å²) < 4.78 is 50.2. The zero-order chi connectivity index (χ0) is 17.0. The first-order valence-corrected chi connectivity index (χ1v) is 7.53. The second-order valence-electron chi connectivity index (χ2n) is 4.34. The number of aromatic nitrogens is 1. The molecule has 0 aliphatic rings. The lowest BCUT2D eigenvalue weighted by atomic mass is 10.3. The maximum absolute atomic E-state index is 12.7. The van der Waals surface area contributed by atoms with Crippen molar-refractivity contribution >= 4 is 35.1 Å². The summed E-state index contributed by atoms with van der Waals surface area (Å²) in [5.41, 5.74) is -0.999. The molecule has 1 aromatic carbocycles. The summed E-state index contributed by atoms with van der Waals surface area (Å²) in [7, 11) is 0. The largest absolute Gasteiger partial charge is 0.417 e.